The maximum atomic E-state index is 12.6. The van der Waals surface area contributed by atoms with Crippen LogP contribution in [0.1, 0.15) is 11.1 Å². The number of amides is 2. The zero-order valence-electron chi connectivity index (χ0n) is 12.1. The van der Waals surface area contributed by atoms with Crippen LogP contribution in [0.15, 0.2) is 59.6 Å². The van der Waals surface area contributed by atoms with Crippen molar-refractivity contribution in [1.82, 2.24) is 4.90 Å². The molecule has 1 heterocycles. The predicted octanol–water partition coefficient (Wildman–Crippen LogP) is 3.90. The van der Waals surface area contributed by atoms with Crippen LogP contribution < -0.4 is 0 Å². The minimum absolute atomic E-state index is 0.0367. The van der Waals surface area contributed by atoms with E-state index in [2.05, 4.69) is 0 Å². The van der Waals surface area contributed by atoms with Crippen LogP contribution in [-0.2, 0) is 16.0 Å². The monoisotopic (exact) mass is 345 g/mol. The van der Waals surface area contributed by atoms with E-state index in [0.717, 1.165) is 5.56 Å². The van der Waals surface area contributed by atoms with E-state index in [1.54, 1.807) is 24.3 Å². The third-order valence-corrected chi connectivity index (χ3v) is 4.31. The summed E-state index contributed by atoms with van der Waals surface area (Å²) in [4.78, 5) is 26.0. The van der Waals surface area contributed by atoms with E-state index < -0.39 is 5.91 Å². The summed E-state index contributed by atoms with van der Waals surface area (Å²) in [5.41, 5.74) is 1.89. The number of nitrogens with zero attached hydrogens (tertiary/aromatic N) is 1. The molecule has 3 rings (SSSR count). The first kappa shape index (κ1) is 15.8. The average molecular weight is 346 g/mol. The highest BCUT2D eigenvalue weighted by Crippen LogP contribution is 2.32. The van der Waals surface area contributed by atoms with Crippen LogP contribution in [0.4, 0.5) is 0 Å². The summed E-state index contributed by atoms with van der Waals surface area (Å²) in [6.07, 6.45) is 0.594. The fourth-order valence-electron chi connectivity index (χ4n) is 2.50. The molecule has 116 valence electrons. The van der Waals surface area contributed by atoms with Gasteiger partial charge in [-0.05, 0) is 29.7 Å². The normalized spacial score (nSPS) is 14.8. The molecule has 1 aliphatic rings. The fourth-order valence-corrected chi connectivity index (χ4v) is 2.92. The fraction of sp³-hybridized carbons (Fsp3) is 0.111. The lowest BCUT2D eigenvalue weighted by Gasteiger charge is -2.14. The molecule has 0 spiro atoms. The van der Waals surface area contributed by atoms with Gasteiger partial charge in [0.2, 0.25) is 0 Å². The van der Waals surface area contributed by atoms with Gasteiger partial charge in [-0.25, -0.2) is 0 Å². The minimum Gasteiger partial charge on any atom is -0.273 e. The lowest BCUT2D eigenvalue weighted by Crippen LogP contribution is -2.33. The van der Waals surface area contributed by atoms with Crippen molar-refractivity contribution in [2.75, 3.05) is 6.54 Å². The van der Waals surface area contributed by atoms with E-state index >= 15 is 0 Å². The van der Waals surface area contributed by atoms with Gasteiger partial charge < -0.3 is 0 Å². The summed E-state index contributed by atoms with van der Waals surface area (Å²) >= 11 is 12.0. The van der Waals surface area contributed by atoms with Gasteiger partial charge in [-0.2, -0.15) is 0 Å². The van der Waals surface area contributed by atoms with Crippen molar-refractivity contribution in [1.29, 1.82) is 0 Å². The highest BCUT2D eigenvalue weighted by Gasteiger charge is 2.37. The summed E-state index contributed by atoms with van der Waals surface area (Å²) < 4.78 is 0. The Hall–Kier alpha value is -2.10. The molecule has 1 aliphatic heterocycles. The second-order valence-electron chi connectivity index (χ2n) is 5.19. The SMILES string of the molecule is O=C1C(Cl)=C(c2ccc(Cl)cc2)C(=O)N1CCc1ccccc1. The van der Waals surface area contributed by atoms with Gasteiger partial charge in [-0.15, -0.1) is 0 Å². The quantitative estimate of drug-likeness (QED) is 0.788. The average Bonchev–Trinajstić information content (AvgIpc) is 2.78. The van der Waals surface area contributed by atoms with Crippen LogP contribution in [0.5, 0.6) is 0 Å². The van der Waals surface area contributed by atoms with E-state index in [9.17, 15) is 9.59 Å². The number of carbonyl (C=O) groups is 2. The molecular formula is C18H13Cl2NO2. The van der Waals surface area contributed by atoms with Gasteiger partial charge in [0.25, 0.3) is 11.8 Å². The molecule has 0 saturated heterocycles. The molecule has 0 radical (unpaired) electrons. The van der Waals surface area contributed by atoms with Crippen LogP contribution in [0.25, 0.3) is 5.57 Å². The number of hydrogen-bond donors (Lipinski definition) is 0. The topological polar surface area (TPSA) is 37.4 Å². The highest BCUT2D eigenvalue weighted by molar-refractivity contribution is 6.55. The number of benzene rings is 2. The molecule has 23 heavy (non-hydrogen) atoms. The Kier molecular flexibility index (Phi) is 4.51. The largest absolute Gasteiger partial charge is 0.273 e. The molecule has 0 unspecified atom stereocenters. The zero-order valence-corrected chi connectivity index (χ0v) is 13.6. The van der Waals surface area contributed by atoms with Gasteiger partial charge in [0.15, 0.2) is 0 Å². The van der Waals surface area contributed by atoms with Crippen molar-refractivity contribution in [2.24, 2.45) is 0 Å². The Bertz CT molecular complexity index is 782. The van der Waals surface area contributed by atoms with Gasteiger partial charge in [-0.1, -0.05) is 65.7 Å². The Labute approximate surface area is 144 Å². The van der Waals surface area contributed by atoms with Crippen LogP contribution in [0, 0.1) is 0 Å². The van der Waals surface area contributed by atoms with Crippen LogP contribution in [0.2, 0.25) is 5.02 Å². The molecule has 0 aromatic heterocycles. The molecule has 0 fully saturated rings. The zero-order chi connectivity index (χ0) is 16.4. The summed E-state index contributed by atoms with van der Waals surface area (Å²) in [5.74, 6) is -0.809. The molecule has 2 aromatic carbocycles. The van der Waals surface area contributed by atoms with Crippen molar-refractivity contribution in [3.63, 3.8) is 0 Å². The number of carbonyl (C=O) groups excluding carboxylic acids is 2. The summed E-state index contributed by atoms with van der Waals surface area (Å²) in [6.45, 7) is 0.301. The second kappa shape index (κ2) is 6.57. The lowest BCUT2D eigenvalue weighted by atomic mass is 10.1. The van der Waals surface area contributed by atoms with Crippen molar-refractivity contribution in [3.8, 4) is 0 Å². The van der Waals surface area contributed by atoms with Gasteiger partial charge in [0.05, 0.1) is 5.57 Å². The molecule has 0 N–H and O–H groups in total. The summed E-state index contributed by atoms with van der Waals surface area (Å²) in [5, 5.41) is 0.522. The maximum Gasteiger partial charge on any atom is 0.273 e. The van der Waals surface area contributed by atoms with E-state index in [-0.39, 0.29) is 16.5 Å². The van der Waals surface area contributed by atoms with E-state index in [4.69, 9.17) is 23.2 Å². The first-order chi connectivity index (χ1) is 11.1. The van der Waals surface area contributed by atoms with Gasteiger partial charge in [0.1, 0.15) is 5.03 Å². The maximum absolute atomic E-state index is 12.6. The molecule has 0 aliphatic carbocycles. The number of halogens is 2. The molecule has 0 bridgehead atoms. The molecule has 2 amide bonds. The minimum atomic E-state index is -0.447. The van der Waals surface area contributed by atoms with E-state index in [1.807, 2.05) is 30.3 Å². The van der Waals surface area contributed by atoms with Crippen molar-refractivity contribution in [3.05, 3.63) is 75.8 Å². The Morgan fingerprint density at radius 2 is 1.48 bits per heavy atom. The molecular weight excluding hydrogens is 333 g/mol. The predicted molar refractivity (Wildman–Crippen MR) is 91.1 cm³/mol. The van der Waals surface area contributed by atoms with Gasteiger partial charge in [0, 0.05) is 11.6 Å². The summed E-state index contributed by atoms with van der Waals surface area (Å²) in [6, 6.07) is 16.4. The Balaban J connectivity index is 1.80. The van der Waals surface area contributed by atoms with Crippen LogP contribution in [0.3, 0.4) is 0 Å². The smallest absolute Gasteiger partial charge is 0.273 e. The second-order valence-corrected chi connectivity index (χ2v) is 6.01. The van der Waals surface area contributed by atoms with Crippen molar-refractivity contribution in [2.45, 2.75) is 6.42 Å². The molecule has 3 nitrogen and oxygen atoms in total. The molecule has 5 heteroatoms. The molecule has 0 saturated carbocycles. The summed E-state index contributed by atoms with van der Waals surface area (Å²) in [7, 11) is 0. The molecule has 0 atom stereocenters. The first-order valence-electron chi connectivity index (χ1n) is 7.14. The van der Waals surface area contributed by atoms with Crippen molar-refractivity contribution >= 4 is 40.6 Å². The molecule has 2 aromatic rings. The Morgan fingerprint density at radius 1 is 0.826 bits per heavy atom. The van der Waals surface area contributed by atoms with Crippen LogP contribution in [-0.4, -0.2) is 23.3 Å². The van der Waals surface area contributed by atoms with Crippen molar-refractivity contribution < 1.29 is 9.59 Å². The number of rotatable bonds is 4. The van der Waals surface area contributed by atoms with E-state index in [0.29, 0.717) is 23.6 Å². The number of hydrogen-bond acceptors (Lipinski definition) is 2. The van der Waals surface area contributed by atoms with E-state index in [1.165, 1.54) is 4.90 Å². The third-order valence-electron chi connectivity index (χ3n) is 3.71. The van der Waals surface area contributed by atoms with Crippen LogP contribution >= 0.6 is 23.2 Å². The Morgan fingerprint density at radius 3 is 2.13 bits per heavy atom. The number of imide groups is 1. The first-order valence-corrected chi connectivity index (χ1v) is 7.89. The lowest BCUT2D eigenvalue weighted by molar-refractivity contribution is -0.136. The standard InChI is InChI=1S/C18H13Cl2NO2/c19-14-8-6-13(7-9-14)15-16(20)18(23)21(17(15)22)11-10-12-4-2-1-3-5-12/h1-9H,10-11H2. The third kappa shape index (κ3) is 3.16. The van der Waals surface area contributed by atoms with Gasteiger partial charge >= 0.3 is 0 Å². The highest BCUT2D eigenvalue weighted by atomic mass is 35.5. The van der Waals surface area contributed by atoms with Gasteiger partial charge in [-0.3, -0.25) is 14.5 Å².